The van der Waals surface area contributed by atoms with Crippen LogP contribution in [0.3, 0.4) is 0 Å². The van der Waals surface area contributed by atoms with Gasteiger partial charge in [0, 0.05) is 10.5 Å². The molecule has 2 N–H and O–H groups in total. The third-order valence-electron chi connectivity index (χ3n) is 3.78. The Morgan fingerprint density at radius 1 is 1.10 bits per heavy atom. The van der Waals surface area contributed by atoms with Crippen LogP contribution in [0.5, 0.6) is 5.75 Å². The molecule has 2 nitrogen and oxygen atoms in total. The van der Waals surface area contributed by atoms with Gasteiger partial charge in [0.2, 0.25) is 0 Å². The number of hydrogen-bond donors (Lipinski definition) is 1. The van der Waals surface area contributed by atoms with Crippen LogP contribution >= 0.6 is 15.9 Å². The maximum atomic E-state index is 6.08. The summed E-state index contributed by atoms with van der Waals surface area (Å²) in [7, 11) is 0. The summed E-state index contributed by atoms with van der Waals surface area (Å²) >= 11 is 3.53. The van der Waals surface area contributed by atoms with E-state index in [1.54, 1.807) is 0 Å². The van der Waals surface area contributed by atoms with Crippen molar-refractivity contribution in [3.8, 4) is 5.75 Å². The van der Waals surface area contributed by atoms with E-state index in [4.69, 9.17) is 10.5 Å². The molecule has 0 spiro atoms. The highest BCUT2D eigenvalue weighted by molar-refractivity contribution is 9.10. The van der Waals surface area contributed by atoms with Crippen molar-refractivity contribution >= 4 is 15.9 Å². The molecule has 0 aromatic heterocycles. The minimum atomic E-state index is 0.204. The van der Waals surface area contributed by atoms with Gasteiger partial charge in [-0.05, 0) is 43.0 Å². The summed E-state index contributed by atoms with van der Waals surface area (Å²) < 4.78 is 7.06. The van der Waals surface area contributed by atoms with Gasteiger partial charge in [-0.25, -0.2) is 0 Å². The summed E-state index contributed by atoms with van der Waals surface area (Å²) in [6.45, 7) is 5.18. The smallest absolute Gasteiger partial charge is 0.122 e. The van der Waals surface area contributed by atoms with E-state index in [-0.39, 0.29) is 6.04 Å². The van der Waals surface area contributed by atoms with Crippen LogP contribution in [0.4, 0.5) is 0 Å². The Hall–Kier alpha value is -0.540. The van der Waals surface area contributed by atoms with Crippen LogP contribution in [0.1, 0.15) is 64.4 Å². The molecule has 0 saturated heterocycles. The predicted octanol–water partition coefficient (Wildman–Crippen LogP) is 5.47. The summed E-state index contributed by atoms with van der Waals surface area (Å²) in [5, 5.41) is 0. The number of ether oxygens (including phenoxy) is 1. The quantitative estimate of drug-likeness (QED) is 0.534. The molecule has 0 aliphatic heterocycles. The van der Waals surface area contributed by atoms with Crippen LogP contribution in [0.2, 0.25) is 0 Å². The predicted molar refractivity (Wildman–Crippen MR) is 95.0 cm³/mol. The number of rotatable bonds is 11. The molecule has 0 aliphatic carbocycles. The van der Waals surface area contributed by atoms with Gasteiger partial charge in [0.15, 0.2) is 0 Å². The second-order valence-electron chi connectivity index (χ2n) is 5.74. The van der Waals surface area contributed by atoms with Crippen LogP contribution in [0.15, 0.2) is 22.7 Å². The fourth-order valence-corrected chi connectivity index (χ4v) is 2.75. The molecular weight excluding hydrogens is 326 g/mol. The number of hydrogen-bond acceptors (Lipinski definition) is 2. The highest BCUT2D eigenvalue weighted by Gasteiger charge is 2.08. The Balaban J connectivity index is 2.39. The van der Waals surface area contributed by atoms with Gasteiger partial charge in [0.1, 0.15) is 5.75 Å². The van der Waals surface area contributed by atoms with E-state index < -0.39 is 0 Å². The largest absolute Gasteiger partial charge is 0.493 e. The number of benzene rings is 1. The van der Waals surface area contributed by atoms with Crippen molar-refractivity contribution in [1.82, 2.24) is 0 Å². The number of unbranched alkanes of at least 4 members (excludes halogenated alkanes) is 5. The molecule has 120 valence electrons. The summed E-state index contributed by atoms with van der Waals surface area (Å²) in [6.07, 6.45) is 9.60. The first-order valence-electron chi connectivity index (χ1n) is 8.34. The van der Waals surface area contributed by atoms with Gasteiger partial charge in [-0.15, -0.1) is 0 Å². The van der Waals surface area contributed by atoms with E-state index in [2.05, 4.69) is 41.9 Å². The Morgan fingerprint density at radius 3 is 2.52 bits per heavy atom. The first-order valence-corrected chi connectivity index (χ1v) is 9.13. The molecule has 0 saturated carbocycles. The van der Waals surface area contributed by atoms with Gasteiger partial charge < -0.3 is 10.5 Å². The third kappa shape index (κ3) is 7.87. The van der Waals surface area contributed by atoms with E-state index in [9.17, 15) is 0 Å². The second-order valence-corrected chi connectivity index (χ2v) is 6.66. The second kappa shape index (κ2) is 11.1. The molecule has 1 rings (SSSR count). The van der Waals surface area contributed by atoms with Crippen LogP contribution in [-0.2, 0) is 6.42 Å². The van der Waals surface area contributed by atoms with Crippen LogP contribution in [0.25, 0.3) is 0 Å². The average Bonchev–Trinajstić information content (AvgIpc) is 2.48. The highest BCUT2D eigenvalue weighted by atomic mass is 79.9. The van der Waals surface area contributed by atoms with E-state index >= 15 is 0 Å². The third-order valence-corrected chi connectivity index (χ3v) is 4.28. The summed E-state index contributed by atoms with van der Waals surface area (Å²) in [5.74, 6) is 0.996. The zero-order valence-electron chi connectivity index (χ0n) is 13.5. The molecule has 1 aromatic carbocycles. The average molecular weight is 356 g/mol. The molecule has 21 heavy (non-hydrogen) atoms. The lowest BCUT2D eigenvalue weighted by molar-refractivity contribution is 0.300. The standard InChI is InChI=1S/C18H30BrNO/c1-3-5-6-7-8-9-12-21-18-11-10-16(19)13-15(18)14-17(20)4-2/h10-11,13,17H,3-9,12,14,20H2,1-2H3. The van der Waals surface area contributed by atoms with E-state index in [0.29, 0.717) is 0 Å². The minimum Gasteiger partial charge on any atom is -0.493 e. The topological polar surface area (TPSA) is 35.2 Å². The number of nitrogens with two attached hydrogens (primary N) is 1. The van der Waals surface area contributed by atoms with Gasteiger partial charge in [-0.2, -0.15) is 0 Å². The summed E-state index contributed by atoms with van der Waals surface area (Å²) in [6, 6.07) is 6.43. The molecular formula is C18H30BrNO. The van der Waals surface area contributed by atoms with Gasteiger partial charge in [0.05, 0.1) is 6.61 Å². The molecule has 3 heteroatoms. The van der Waals surface area contributed by atoms with E-state index in [0.717, 1.165) is 36.1 Å². The lowest BCUT2D eigenvalue weighted by Crippen LogP contribution is -2.21. The highest BCUT2D eigenvalue weighted by Crippen LogP contribution is 2.25. The fraction of sp³-hybridized carbons (Fsp3) is 0.667. The Kier molecular flexibility index (Phi) is 9.77. The summed E-state index contributed by atoms with van der Waals surface area (Å²) in [4.78, 5) is 0. The molecule has 0 aliphatic rings. The first kappa shape index (κ1) is 18.5. The molecule has 1 aromatic rings. The van der Waals surface area contributed by atoms with Gasteiger partial charge in [0.25, 0.3) is 0 Å². The fourth-order valence-electron chi connectivity index (χ4n) is 2.34. The van der Waals surface area contributed by atoms with Gasteiger partial charge in [-0.3, -0.25) is 0 Å². The van der Waals surface area contributed by atoms with Gasteiger partial charge >= 0.3 is 0 Å². The SMILES string of the molecule is CCCCCCCCOc1ccc(Br)cc1CC(N)CC. The molecule has 0 bridgehead atoms. The van der Waals surface area contributed by atoms with Crippen molar-refractivity contribution in [3.63, 3.8) is 0 Å². The normalized spacial score (nSPS) is 12.4. The van der Waals surface area contributed by atoms with Crippen molar-refractivity contribution in [3.05, 3.63) is 28.2 Å². The Labute approximate surface area is 138 Å². The molecule has 0 fully saturated rings. The van der Waals surface area contributed by atoms with Crippen LogP contribution in [-0.4, -0.2) is 12.6 Å². The first-order chi connectivity index (χ1) is 10.2. The lowest BCUT2D eigenvalue weighted by atomic mass is 10.0. The molecule has 1 unspecified atom stereocenters. The van der Waals surface area contributed by atoms with Crippen molar-refractivity contribution in [2.75, 3.05) is 6.61 Å². The Morgan fingerprint density at radius 2 is 1.81 bits per heavy atom. The maximum Gasteiger partial charge on any atom is 0.122 e. The number of halogens is 1. The monoisotopic (exact) mass is 355 g/mol. The molecule has 0 radical (unpaired) electrons. The molecule has 0 heterocycles. The summed E-state index contributed by atoms with van der Waals surface area (Å²) in [5.41, 5.74) is 7.29. The molecule has 1 atom stereocenters. The molecule has 0 amide bonds. The zero-order chi connectivity index (χ0) is 15.5. The maximum absolute atomic E-state index is 6.08. The van der Waals surface area contributed by atoms with Crippen LogP contribution < -0.4 is 10.5 Å². The van der Waals surface area contributed by atoms with Crippen molar-refractivity contribution in [2.24, 2.45) is 5.73 Å². The van der Waals surface area contributed by atoms with E-state index in [1.165, 1.54) is 37.7 Å². The van der Waals surface area contributed by atoms with E-state index in [1.807, 2.05) is 6.07 Å². The Bertz CT molecular complexity index is 395. The zero-order valence-corrected chi connectivity index (χ0v) is 15.1. The van der Waals surface area contributed by atoms with Crippen molar-refractivity contribution < 1.29 is 4.74 Å². The van der Waals surface area contributed by atoms with Gasteiger partial charge in [-0.1, -0.05) is 61.9 Å². The minimum absolute atomic E-state index is 0.204. The van der Waals surface area contributed by atoms with Crippen LogP contribution in [0, 0.1) is 0 Å². The van der Waals surface area contributed by atoms with Crippen molar-refractivity contribution in [1.29, 1.82) is 0 Å². The van der Waals surface area contributed by atoms with Crippen molar-refractivity contribution in [2.45, 2.75) is 71.3 Å². The lowest BCUT2D eigenvalue weighted by Gasteiger charge is -2.15.